The van der Waals surface area contributed by atoms with Gasteiger partial charge < -0.3 is 10.2 Å². The highest BCUT2D eigenvalue weighted by Crippen LogP contribution is 2.24. The number of hydrogen-bond donors (Lipinski definition) is 2. The molecule has 3 aromatic rings. The van der Waals surface area contributed by atoms with E-state index in [1.165, 1.54) is 12.4 Å². The lowest BCUT2D eigenvalue weighted by Gasteiger charge is -2.19. The van der Waals surface area contributed by atoms with Gasteiger partial charge in [0.1, 0.15) is 25.0 Å². The lowest BCUT2D eigenvalue weighted by Crippen LogP contribution is -3.13. The van der Waals surface area contributed by atoms with Crippen LogP contribution in [0.1, 0.15) is 18.4 Å². The lowest BCUT2D eigenvalue weighted by molar-refractivity contribution is -0.917. The number of hydrogen-bond acceptors (Lipinski definition) is 3. The molecule has 4 rings (SSSR count). The average Bonchev–Trinajstić information content (AvgIpc) is 3.38. The van der Waals surface area contributed by atoms with Gasteiger partial charge in [-0.2, -0.15) is 5.10 Å². The van der Waals surface area contributed by atoms with Crippen LogP contribution in [-0.4, -0.2) is 33.3 Å². The van der Waals surface area contributed by atoms with Crippen molar-refractivity contribution in [1.82, 2.24) is 14.8 Å². The summed E-state index contributed by atoms with van der Waals surface area (Å²) in [5.41, 5.74) is 1.87. The Bertz CT molecular complexity index is 974. The first-order valence-corrected chi connectivity index (χ1v) is 9.50. The minimum Gasteiger partial charge on any atom is -0.321 e. The number of anilines is 1. The topological polar surface area (TPSA) is 64.2 Å². The molecule has 1 heterocycles. The van der Waals surface area contributed by atoms with Crippen molar-refractivity contribution in [3.05, 3.63) is 71.5 Å². The molecule has 2 N–H and O–H groups in total. The molecule has 1 unspecified atom stereocenters. The number of halogens is 2. The Labute approximate surface area is 166 Å². The molecular weight excluding hydrogens is 381 g/mol. The zero-order chi connectivity index (χ0) is 19.5. The first-order chi connectivity index (χ1) is 13.6. The Morgan fingerprint density at radius 2 is 2.11 bits per heavy atom. The molecule has 0 bridgehead atoms. The number of aromatic nitrogens is 3. The fraction of sp³-hybridized carbons (Fsp3) is 0.250. The molecule has 0 spiro atoms. The third-order valence-corrected chi connectivity index (χ3v) is 5.05. The molecule has 0 saturated heterocycles. The number of benzene rings is 2. The lowest BCUT2D eigenvalue weighted by atomic mass is 10.2. The molecule has 0 aliphatic heterocycles. The summed E-state index contributed by atoms with van der Waals surface area (Å²) in [5.74, 6) is -0.383. The fourth-order valence-corrected chi connectivity index (χ4v) is 3.44. The molecule has 1 atom stereocenters. The van der Waals surface area contributed by atoms with E-state index in [-0.39, 0.29) is 18.3 Å². The van der Waals surface area contributed by atoms with Gasteiger partial charge in [-0.25, -0.2) is 14.1 Å². The second kappa shape index (κ2) is 8.08. The highest BCUT2D eigenvalue weighted by atomic mass is 35.5. The second-order valence-electron chi connectivity index (χ2n) is 6.93. The first kappa shape index (κ1) is 18.6. The largest absolute Gasteiger partial charge is 0.321 e. The van der Waals surface area contributed by atoms with Crippen LogP contribution in [0.4, 0.5) is 10.1 Å². The monoisotopic (exact) mass is 400 g/mol. The molecule has 6 nitrogen and oxygen atoms in total. The zero-order valence-electron chi connectivity index (χ0n) is 15.1. The molecule has 1 saturated carbocycles. The minimum absolute atomic E-state index is 0.151. The maximum Gasteiger partial charge on any atom is 0.279 e. The third kappa shape index (κ3) is 4.37. The van der Waals surface area contributed by atoms with Gasteiger partial charge in [0, 0.05) is 23.4 Å². The van der Waals surface area contributed by atoms with Crippen LogP contribution in [-0.2, 0) is 11.3 Å². The van der Waals surface area contributed by atoms with E-state index in [1.807, 2.05) is 6.07 Å². The van der Waals surface area contributed by atoms with E-state index in [2.05, 4.69) is 15.4 Å². The van der Waals surface area contributed by atoms with E-state index in [9.17, 15) is 9.18 Å². The smallest absolute Gasteiger partial charge is 0.279 e. The molecule has 1 aliphatic rings. The summed E-state index contributed by atoms with van der Waals surface area (Å²) in [5, 5.41) is 7.55. The number of nitrogens with one attached hydrogen (secondary N) is 2. The van der Waals surface area contributed by atoms with Crippen molar-refractivity contribution in [1.29, 1.82) is 0 Å². The Morgan fingerprint density at radius 3 is 2.82 bits per heavy atom. The standard InChI is InChI=1S/C20H19ClFN5O/c21-15-5-8-19(27-13-23-12-24-27)18(9-15)25-20(28)11-26(16-6-7-16)10-14-3-1-2-4-17(14)22/h1-5,8-9,12-13,16H,6-7,10-11H2,(H,25,28)/p+1. The van der Waals surface area contributed by atoms with Gasteiger partial charge in [0.05, 0.1) is 17.4 Å². The Morgan fingerprint density at radius 1 is 1.29 bits per heavy atom. The number of rotatable bonds is 7. The Hall–Kier alpha value is -2.77. The van der Waals surface area contributed by atoms with Crippen LogP contribution < -0.4 is 10.2 Å². The van der Waals surface area contributed by atoms with Crippen LogP contribution in [0.2, 0.25) is 5.02 Å². The fourth-order valence-electron chi connectivity index (χ4n) is 3.27. The van der Waals surface area contributed by atoms with Crippen LogP contribution in [0, 0.1) is 5.82 Å². The van der Waals surface area contributed by atoms with Gasteiger partial charge in [-0.1, -0.05) is 29.8 Å². The van der Waals surface area contributed by atoms with Gasteiger partial charge in [0.25, 0.3) is 5.91 Å². The maximum absolute atomic E-state index is 14.0. The van der Waals surface area contributed by atoms with E-state index in [1.54, 1.807) is 41.3 Å². The van der Waals surface area contributed by atoms with E-state index in [4.69, 9.17) is 11.6 Å². The van der Waals surface area contributed by atoms with Crippen LogP contribution >= 0.6 is 11.6 Å². The molecule has 144 valence electrons. The van der Waals surface area contributed by atoms with Crippen LogP contribution in [0.25, 0.3) is 5.69 Å². The van der Waals surface area contributed by atoms with Crippen molar-refractivity contribution >= 4 is 23.2 Å². The summed E-state index contributed by atoms with van der Waals surface area (Å²) in [6.45, 7) is 0.735. The van der Waals surface area contributed by atoms with Crippen molar-refractivity contribution in [2.45, 2.75) is 25.4 Å². The first-order valence-electron chi connectivity index (χ1n) is 9.12. The van der Waals surface area contributed by atoms with Crippen molar-refractivity contribution < 1.29 is 14.1 Å². The highest BCUT2D eigenvalue weighted by Gasteiger charge is 2.35. The Kier molecular flexibility index (Phi) is 5.36. The normalized spacial score (nSPS) is 14.6. The molecular formula is C20H20ClFN5O+. The number of carbonyl (C=O) groups is 1. The number of nitrogens with zero attached hydrogens (tertiary/aromatic N) is 3. The second-order valence-corrected chi connectivity index (χ2v) is 7.36. The zero-order valence-corrected chi connectivity index (χ0v) is 15.9. The van der Waals surface area contributed by atoms with E-state index >= 15 is 0 Å². The van der Waals surface area contributed by atoms with Gasteiger partial charge in [-0.3, -0.25) is 4.79 Å². The summed E-state index contributed by atoms with van der Waals surface area (Å²) in [4.78, 5) is 17.8. The van der Waals surface area contributed by atoms with Crippen molar-refractivity contribution in [2.24, 2.45) is 0 Å². The van der Waals surface area contributed by atoms with Crippen LogP contribution in [0.5, 0.6) is 0 Å². The van der Waals surface area contributed by atoms with Gasteiger partial charge in [-0.15, -0.1) is 0 Å². The van der Waals surface area contributed by atoms with Gasteiger partial charge >= 0.3 is 0 Å². The van der Waals surface area contributed by atoms with Crippen molar-refractivity contribution in [3.63, 3.8) is 0 Å². The quantitative estimate of drug-likeness (QED) is 0.639. The van der Waals surface area contributed by atoms with Crippen molar-refractivity contribution in [3.8, 4) is 5.69 Å². The van der Waals surface area contributed by atoms with E-state index in [0.717, 1.165) is 17.7 Å². The summed E-state index contributed by atoms with van der Waals surface area (Å²) in [6.07, 6.45) is 5.09. The molecule has 1 fully saturated rings. The van der Waals surface area contributed by atoms with Crippen molar-refractivity contribution in [2.75, 3.05) is 11.9 Å². The average molecular weight is 401 g/mol. The van der Waals surface area contributed by atoms with Gasteiger partial charge in [0.2, 0.25) is 0 Å². The summed E-state index contributed by atoms with van der Waals surface area (Å²) in [6, 6.07) is 12.3. The number of carbonyl (C=O) groups excluding carboxylic acids is 1. The van der Waals surface area contributed by atoms with Gasteiger partial charge in [0.15, 0.2) is 6.54 Å². The molecule has 1 aromatic heterocycles. The molecule has 1 aliphatic carbocycles. The third-order valence-electron chi connectivity index (χ3n) is 4.82. The minimum atomic E-state index is -0.232. The maximum atomic E-state index is 14.0. The molecule has 2 aromatic carbocycles. The summed E-state index contributed by atoms with van der Waals surface area (Å²) in [7, 11) is 0. The molecule has 8 heteroatoms. The highest BCUT2D eigenvalue weighted by molar-refractivity contribution is 6.31. The summed E-state index contributed by atoms with van der Waals surface area (Å²) < 4.78 is 15.6. The van der Waals surface area contributed by atoms with Crippen LogP contribution in [0.15, 0.2) is 55.1 Å². The molecule has 1 amide bonds. The van der Waals surface area contributed by atoms with Gasteiger partial charge in [-0.05, 0) is 24.3 Å². The van der Waals surface area contributed by atoms with Crippen LogP contribution in [0.3, 0.4) is 0 Å². The predicted molar refractivity (Wildman–Crippen MR) is 104 cm³/mol. The Balaban J connectivity index is 1.49. The van der Waals surface area contributed by atoms with E-state index in [0.29, 0.717) is 34.5 Å². The number of amides is 1. The van der Waals surface area contributed by atoms with E-state index < -0.39 is 0 Å². The number of quaternary nitrogens is 1. The summed E-state index contributed by atoms with van der Waals surface area (Å²) >= 11 is 6.11. The molecule has 28 heavy (non-hydrogen) atoms. The predicted octanol–water partition coefficient (Wildman–Crippen LogP) is 2.25. The SMILES string of the molecule is O=C(C[NH+](Cc1ccccc1F)C1CC1)Nc1cc(Cl)ccc1-n1cncn1. The molecule has 0 radical (unpaired) electrons.